The maximum Gasteiger partial charge on any atom is 0.136 e. The van der Waals surface area contributed by atoms with Crippen LogP contribution in [0.1, 0.15) is 38.2 Å². The molecule has 1 aliphatic rings. The van der Waals surface area contributed by atoms with Crippen molar-refractivity contribution < 1.29 is 4.74 Å². The Balaban J connectivity index is 1.99. The molecule has 18 heavy (non-hydrogen) atoms. The highest BCUT2D eigenvalue weighted by molar-refractivity contribution is 9.10. The fraction of sp³-hybridized carbons (Fsp3) is 0.600. The highest BCUT2D eigenvalue weighted by Crippen LogP contribution is 2.34. The Bertz CT molecular complexity index is 390. The molecule has 1 unspecified atom stereocenters. The van der Waals surface area contributed by atoms with Crippen LogP contribution in [-0.2, 0) is 6.42 Å². The molecule has 1 aromatic rings. The molecular weight excluding hydrogens is 290 g/mol. The first-order valence-electron chi connectivity index (χ1n) is 6.86. The van der Waals surface area contributed by atoms with E-state index >= 15 is 0 Å². The molecule has 2 nitrogen and oxygen atoms in total. The minimum absolute atomic E-state index is 0.213. The molecule has 1 aromatic carbocycles. The van der Waals surface area contributed by atoms with Crippen molar-refractivity contribution in [3.05, 3.63) is 28.2 Å². The van der Waals surface area contributed by atoms with Gasteiger partial charge in [0.15, 0.2) is 0 Å². The molecule has 1 aliphatic carbocycles. The summed E-state index contributed by atoms with van der Waals surface area (Å²) in [6.07, 6.45) is 5.82. The molecule has 3 heteroatoms. The van der Waals surface area contributed by atoms with Gasteiger partial charge in [0.1, 0.15) is 5.75 Å². The molecule has 2 rings (SSSR count). The summed E-state index contributed by atoms with van der Waals surface area (Å²) in [4.78, 5) is 0. The minimum Gasteiger partial charge on any atom is -0.492 e. The molecule has 0 heterocycles. The van der Waals surface area contributed by atoms with Crippen LogP contribution in [0, 0.1) is 5.92 Å². The van der Waals surface area contributed by atoms with Crippen LogP contribution in [0.2, 0.25) is 0 Å². The highest BCUT2D eigenvalue weighted by atomic mass is 79.9. The second-order valence-corrected chi connectivity index (χ2v) is 6.04. The van der Waals surface area contributed by atoms with Crippen molar-refractivity contribution in [2.24, 2.45) is 11.7 Å². The molecule has 2 N–H and O–H groups in total. The Morgan fingerprint density at radius 2 is 2.22 bits per heavy atom. The number of para-hydroxylation sites is 1. The molecular formula is C15H22BrNO. The second kappa shape index (κ2) is 6.58. The largest absolute Gasteiger partial charge is 0.492 e. The van der Waals surface area contributed by atoms with Crippen LogP contribution in [0.25, 0.3) is 0 Å². The van der Waals surface area contributed by atoms with E-state index in [9.17, 15) is 0 Å². The number of rotatable bonds is 7. The lowest BCUT2D eigenvalue weighted by molar-refractivity contribution is 0.297. The Morgan fingerprint density at radius 1 is 1.44 bits per heavy atom. The van der Waals surface area contributed by atoms with Gasteiger partial charge in [0, 0.05) is 6.04 Å². The maximum atomic E-state index is 6.04. The normalized spacial score (nSPS) is 16.6. The third-order valence-corrected chi connectivity index (χ3v) is 4.15. The molecule has 0 spiro atoms. The van der Waals surface area contributed by atoms with Gasteiger partial charge in [0.2, 0.25) is 0 Å². The van der Waals surface area contributed by atoms with Crippen molar-refractivity contribution in [1.29, 1.82) is 0 Å². The first-order chi connectivity index (χ1) is 8.70. The maximum absolute atomic E-state index is 6.04. The van der Waals surface area contributed by atoms with E-state index in [1.165, 1.54) is 24.8 Å². The molecule has 1 fully saturated rings. The summed E-state index contributed by atoms with van der Waals surface area (Å²) >= 11 is 3.58. The van der Waals surface area contributed by atoms with E-state index in [4.69, 9.17) is 10.5 Å². The quantitative estimate of drug-likeness (QED) is 0.828. The van der Waals surface area contributed by atoms with Crippen molar-refractivity contribution in [2.45, 2.75) is 45.1 Å². The van der Waals surface area contributed by atoms with Gasteiger partial charge in [0.25, 0.3) is 0 Å². The molecule has 1 saturated carbocycles. The average Bonchev–Trinajstić information content (AvgIpc) is 3.16. The van der Waals surface area contributed by atoms with Crippen LogP contribution in [0.15, 0.2) is 22.7 Å². The zero-order chi connectivity index (χ0) is 13.0. The van der Waals surface area contributed by atoms with E-state index < -0.39 is 0 Å². The van der Waals surface area contributed by atoms with Crippen molar-refractivity contribution >= 4 is 15.9 Å². The van der Waals surface area contributed by atoms with Gasteiger partial charge in [-0.2, -0.15) is 0 Å². The zero-order valence-corrected chi connectivity index (χ0v) is 12.6. The lowest BCUT2D eigenvalue weighted by atomic mass is 10.0. The molecule has 0 bridgehead atoms. The van der Waals surface area contributed by atoms with Crippen LogP contribution in [0.3, 0.4) is 0 Å². The summed E-state index contributed by atoms with van der Waals surface area (Å²) in [5, 5.41) is 0. The first kappa shape index (κ1) is 13.9. The highest BCUT2D eigenvalue weighted by Gasteiger charge is 2.21. The molecule has 1 atom stereocenters. The molecule has 100 valence electrons. The average molecular weight is 312 g/mol. The molecule has 0 saturated heterocycles. The number of benzene rings is 1. The van der Waals surface area contributed by atoms with Crippen LogP contribution >= 0.6 is 15.9 Å². The predicted octanol–water partition coefficient (Wildman–Crippen LogP) is 3.91. The Morgan fingerprint density at radius 3 is 2.89 bits per heavy atom. The van der Waals surface area contributed by atoms with E-state index in [1.807, 2.05) is 6.07 Å². The molecule has 0 amide bonds. The molecule has 0 aromatic heterocycles. The van der Waals surface area contributed by atoms with Crippen LogP contribution < -0.4 is 10.5 Å². The smallest absolute Gasteiger partial charge is 0.136 e. The fourth-order valence-electron chi connectivity index (χ4n) is 2.04. The zero-order valence-electron chi connectivity index (χ0n) is 11.0. The number of hydrogen-bond donors (Lipinski definition) is 1. The van der Waals surface area contributed by atoms with Gasteiger partial charge in [-0.3, -0.25) is 0 Å². The van der Waals surface area contributed by atoms with Crippen molar-refractivity contribution in [2.75, 3.05) is 6.61 Å². The van der Waals surface area contributed by atoms with E-state index in [-0.39, 0.29) is 6.04 Å². The van der Waals surface area contributed by atoms with Crippen LogP contribution in [0.4, 0.5) is 0 Å². The van der Waals surface area contributed by atoms with Crippen molar-refractivity contribution in [3.63, 3.8) is 0 Å². The number of nitrogens with two attached hydrogens (primary N) is 1. The minimum atomic E-state index is 0.213. The predicted molar refractivity (Wildman–Crippen MR) is 78.9 cm³/mol. The van der Waals surface area contributed by atoms with Gasteiger partial charge in [0.05, 0.1) is 11.1 Å². The topological polar surface area (TPSA) is 35.2 Å². The van der Waals surface area contributed by atoms with Gasteiger partial charge >= 0.3 is 0 Å². The van der Waals surface area contributed by atoms with E-state index in [0.717, 1.165) is 35.6 Å². The molecule has 0 radical (unpaired) electrons. The Hall–Kier alpha value is -0.540. The summed E-state index contributed by atoms with van der Waals surface area (Å²) < 4.78 is 7.00. The van der Waals surface area contributed by atoms with Crippen molar-refractivity contribution in [3.8, 4) is 5.75 Å². The van der Waals surface area contributed by atoms with Crippen LogP contribution in [-0.4, -0.2) is 12.6 Å². The van der Waals surface area contributed by atoms with Gasteiger partial charge in [-0.05, 0) is 52.7 Å². The standard InChI is InChI=1S/C15H22BrNO/c1-2-13(17)10-12-4-3-5-14(16)15(12)18-9-8-11-6-7-11/h3-5,11,13H,2,6-10,17H2,1H3. The SMILES string of the molecule is CCC(N)Cc1cccc(Br)c1OCCC1CC1. The van der Waals surface area contributed by atoms with Crippen LogP contribution in [0.5, 0.6) is 5.75 Å². The van der Waals surface area contributed by atoms with Gasteiger partial charge < -0.3 is 10.5 Å². The first-order valence-corrected chi connectivity index (χ1v) is 7.65. The summed E-state index contributed by atoms with van der Waals surface area (Å²) in [6.45, 7) is 2.94. The lowest BCUT2D eigenvalue weighted by Gasteiger charge is -2.15. The Kier molecular flexibility index (Phi) is 5.07. The van der Waals surface area contributed by atoms with E-state index in [1.54, 1.807) is 0 Å². The molecule has 0 aliphatic heterocycles. The summed E-state index contributed by atoms with van der Waals surface area (Å²) in [5.41, 5.74) is 7.26. The second-order valence-electron chi connectivity index (χ2n) is 5.18. The summed E-state index contributed by atoms with van der Waals surface area (Å²) in [5.74, 6) is 1.90. The number of halogens is 1. The Labute approximate surface area is 118 Å². The fourth-order valence-corrected chi connectivity index (χ4v) is 2.56. The van der Waals surface area contributed by atoms with Crippen molar-refractivity contribution in [1.82, 2.24) is 0 Å². The third-order valence-electron chi connectivity index (χ3n) is 3.52. The lowest BCUT2D eigenvalue weighted by Crippen LogP contribution is -2.21. The monoisotopic (exact) mass is 311 g/mol. The number of ether oxygens (including phenoxy) is 1. The summed E-state index contributed by atoms with van der Waals surface area (Å²) in [7, 11) is 0. The summed E-state index contributed by atoms with van der Waals surface area (Å²) in [6, 6.07) is 6.42. The van der Waals surface area contributed by atoms with Gasteiger partial charge in [-0.15, -0.1) is 0 Å². The third kappa shape index (κ3) is 3.99. The van der Waals surface area contributed by atoms with Gasteiger partial charge in [-0.1, -0.05) is 31.9 Å². The van der Waals surface area contributed by atoms with E-state index in [2.05, 4.69) is 35.0 Å². The van der Waals surface area contributed by atoms with E-state index in [0.29, 0.717) is 0 Å². The van der Waals surface area contributed by atoms with Gasteiger partial charge in [-0.25, -0.2) is 0 Å². The number of hydrogen-bond acceptors (Lipinski definition) is 2.